The van der Waals surface area contributed by atoms with Crippen molar-refractivity contribution < 1.29 is 23.0 Å². The molecule has 0 aromatic heterocycles. The Balaban J connectivity index is 1.66. The van der Waals surface area contributed by atoms with Gasteiger partial charge in [0.25, 0.3) is 0 Å². The second kappa shape index (κ2) is 10.5. The van der Waals surface area contributed by atoms with Gasteiger partial charge in [-0.15, -0.1) is 0 Å². The van der Waals surface area contributed by atoms with Gasteiger partial charge in [-0.1, -0.05) is 24.3 Å². The fraction of sp³-hybridized carbons (Fsp3) is 0.381. The van der Waals surface area contributed by atoms with E-state index in [4.69, 9.17) is 9.47 Å². The van der Waals surface area contributed by atoms with Crippen molar-refractivity contribution in [3.8, 4) is 17.2 Å². The van der Waals surface area contributed by atoms with Crippen LogP contribution in [0, 0.1) is 0 Å². The van der Waals surface area contributed by atoms with Crippen LogP contribution in [-0.2, 0) is 13.1 Å². The third-order valence-electron chi connectivity index (χ3n) is 4.21. The summed E-state index contributed by atoms with van der Waals surface area (Å²) in [7, 11) is 0. The third kappa shape index (κ3) is 6.23. The predicted octanol–water partition coefficient (Wildman–Crippen LogP) is 3.70. The Bertz CT molecular complexity index is 831. The van der Waals surface area contributed by atoms with Gasteiger partial charge in [-0.2, -0.15) is 8.78 Å². The minimum atomic E-state index is -2.86. The first kappa shape index (κ1) is 20.7. The number of nitrogens with zero attached hydrogens (tertiary/aromatic N) is 1. The van der Waals surface area contributed by atoms with Gasteiger partial charge < -0.3 is 24.8 Å². The van der Waals surface area contributed by atoms with E-state index >= 15 is 0 Å². The molecule has 3 rings (SSSR count). The van der Waals surface area contributed by atoms with Gasteiger partial charge in [0, 0.05) is 25.1 Å². The van der Waals surface area contributed by atoms with E-state index in [1.807, 2.05) is 25.1 Å². The zero-order chi connectivity index (χ0) is 20.5. The highest BCUT2D eigenvalue weighted by molar-refractivity contribution is 5.79. The molecule has 2 aromatic carbocycles. The standard InChI is InChI=1S/C21H25F2N3O3/c1-2-24-21(26-14-16-6-3-4-7-17(16)29-20(22)23)25-13-15-8-9-18-19(12-15)28-11-5-10-27-18/h3-4,6-9,12,20H,2,5,10-11,13-14H2,1H3,(H2,24,25,26). The van der Waals surface area contributed by atoms with E-state index in [1.54, 1.807) is 18.2 Å². The van der Waals surface area contributed by atoms with Gasteiger partial charge in [0.1, 0.15) is 5.75 Å². The fourth-order valence-corrected chi connectivity index (χ4v) is 2.86. The summed E-state index contributed by atoms with van der Waals surface area (Å²) in [4.78, 5) is 4.57. The molecule has 2 aromatic rings. The minimum absolute atomic E-state index is 0.147. The van der Waals surface area contributed by atoms with Crippen LogP contribution in [0.5, 0.6) is 17.2 Å². The Morgan fingerprint density at radius 3 is 2.69 bits per heavy atom. The maximum atomic E-state index is 12.6. The van der Waals surface area contributed by atoms with Crippen LogP contribution in [0.25, 0.3) is 0 Å². The van der Waals surface area contributed by atoms with Gasteiger partial charge in [-0.25, -0.2) is 4.99 Å². The molecule has 0 amide bonds. The van der Waals surface area contributed by atoms with Crippen LogP contribution in [0.1, 0.15) is 24.5 Å². The fourth-order valence-electron chi connectivity index (χ4n) is 2.86. The van der Waals surface area contributed by atoms with Crippen molar-refractivity contribution in [3.05, 3.63) is 53.6 Å². The number of aliphatic imine (C=N–C) groups is 1. The molecule has 0 saturated heterocycles. The number of benzene rings is 2. The second-order valence-corrected chi connectivity index (χ2v) is 6.37. The van der Waals surface area contributed by atoms with Crippen molar-refractivity contribution in [3.63, 3.8) is 0 Å². The Kier molecular flexibility index (Phi) is 7.49. The molecule has 1 aliphatic rings. The highest BCUT2D eigenvalue weighted by Gasteiger charge is 2.11. The van der Waals surface area contributed by atoms with Gasteiger partial charge in [0.15, 0.2) is 17.5 Å². The minimum Gasteiger partial charge on any atom is -0.490 e. The van der Waals surface area contributed by atoms with Crippen LogP contribution in [0.2, 0.25) is 0 Å². The molecule has 0 spiro atoms. The van der Waals surface area contributed by atoms with E-state index < -0.39 is 6.61 Å². The molecule has 0 bridgehead atoms. The van der Waals surface area contributed by atoms with Gasteiger partial charge in [0.05, 0.1) is 19.8 Å². The number of para-hydroxylation sites is 1. The molecule has 0 atom stereocenters. The summed E-state index contributed by atoms with van der Waals surface area (Å²) in [6, 6.07) is 12.5. The van der Waals surface area contributed by atoms with Crippen LogP contribution in [0.4, 0.5) is 8.78 Å². The maximum Gasteiger partial charge on any atom is 0.387 e. The van der Waals surface area contributed by atoms with Gasteiger partial charge in [0.2, 0.25) is 0 Å². The van der Waals surface area contributed by atoms with Crippen molar-refractivity contribution in [1.82, 2.24) is 10.6 Å². The van der Waals surface area contributed by atoms with Crippen LogP contribution in [0.3, 0.4) is 0 Å². The van der Waals surface area contributed by atoms with Gasteiger partial charge in [-0.05, 0) is 30.7 Å². The van der Waals surface area contributed by atoms with E-state index in [9.17, 15) is 8.78 Å². The molecular weight excluding hydrogens is 380 g/mol. The van der Waals surface area contributed by atoms with Gasteiger partial charge in [-0.3, -0.25) is 0 Å². The number of hydrogen-bond donors (Lipinski definition) is 2. The number of hydrogen-bond acceptors (Lipinski definition) is 4. The lowest BCUT2D eigenvalue weighted by molar-refractivity contribution is -0.0504. The normalized spacial score (nSPS) is 13.7. The van der Waals surface area contributed by atoms with E-state index in [2.05, 4.69) is 20.4 Å². The van der Waals surface area contributed by atoms with Crippen LogP contribution in [0.15, 0.2) is 47.5 Å². The lowest BCUT2D eigenvalue weighted by Crippen LogP contribution is -2.36. The Hall–Kier alpha value is -3.03. The molecule has 2 N–H and O–H groups in total. The van der Waals surface area contributed by atoms with Crippen LogP contribution in [-0.4, -0.2) is 32.3 Å². The molecular formula is C21H25F2N3O3. The van der Waals surface area contributed by atoms with Crippen molar-refractivity contribution in [2.75, 3.05) is 19.8 Å². The van der Waals surface area contributed by atoms with Crippen LogP contribution >= 0.6 is 0 Å². The van der Waals surface area contributed by atoms with Crippen LogP contribution < -0.4 is 24.8 Å². The number of halogens is 2. The Morgan fingerprint density at radius 2 is 1.90 bits per heavy atom. The average molecular weight is 405 g/mol. The average Bonchev–Trinajstić information content (AvgIpc) is 2.95. The quantitative estimate of drug-likeness (QED) is 0.543. The summed E-state index contributed by atoms with van der Waals surface area (Å²) < 4.78 is 41.1. The zero-order valence-corrected chi connectivity index (χ0v) is 16.3. The lowest BCUT2D eigenvalue weighted by atomic mass is 10.2. The maximum absolute atomic E-state index is 12.6. The monoisotopic (exact) mass is 405 g/mol. The molecule has 8 heteroatoms. The summed E-state index contributed by atoms with van der Waals surface area (Å²) in [5.74, 6) is 2.20. The number of guanidine groups is 1. The number of fused-ring (bicyclic) bond motifs is 1. The molecule has 0 aliphatic carbocycles. The first-order valence-corrected chi connectivity index (χ1v) is 9.59. The second-order valence-electron chi connectivity index (χ2n) is 6.37. The summed E-state index contributed by atoms with van der Waals surface area (Å²) in [5, 5.41) is 6.30. The molecule has 29 heavy (non-hydrogen) atoms. The molecule has 0 unspecified atom stereocenters. The smallest absolute Gasteiger partial charge is 0.387 e. The van der Waals surface area contributed by atoms with E-state index in [0.29, 0.717) is 44.4 Å². The highest BCUT2D eigenvalue weighted by atomic mass is 19.3. The van der Waals surface area contributed by atoms with E-state index in [0.717, 1.165) is 23.5 Å². The molecule has 1 heterocycles. The first-order valence-electron chi connectivity index (χ1n) is 9.59. The Labute approximate surface area is 168 Å². The topological polar surface area (TPSA) is 64.1 Å². The molecule has 6 nitrogen and oxygen atoms in total. The summed E-state index contributed by atoms with van der Waals surface area (Å²) in [5.41, 5.74) is 1.60. The number of nitrogens with one attached hydrogen (secondary N) is 2. The van der Waals surface area contributed by atoms with Crippen molar-refractivity contribution in [2.45, 2.75) is 33.0 Å². The zero-order valence-electron chi connectivity index (χ0n) is 16.3. The summed E-state index contributed by atoms with van der Waals surface area (Å²) in [6.45, 7) is 1.77. The molecule has 0 radical (unpaired) electrons. The van der Waals surface area contributed by atoms with E-state index in [-0.39, 0.29) is 5.75 Å². The lowest BCUT2D eigenvalue weighted by Gasteiger charge is -2.14. The highest BCUT2D eigenvalue weighted by Crippen LogP contribution is 2.30. The van der Waals surface area contributed by atoms with E-state index in [1.165, 1.54) is 6.07 Å². The number of alkyl halides is 2. The molecule has 0 saturated carbocycles. The van der Waals surface area contributed by atoms with Gasteiger partial charge >= 0.3 is 6.61 Å². The van der Waals surface area contributed by atoms with Crippen molar-refractivity contribution in [2.24, 2.45) is 4.99 Å². The first-order chi connectivity index (χ1) is 14.2. The molecule has 156 valence electrons. The Morgan fingerprint density at radius 1 is 1.10 bits per heavy atom. The number of rotatable bonds is 7. The van der Waals surface area contributed by atoms with Crippen molar-refractivity contribution >= 4 is 5.96 Å². The molecule has 0 fully saturated rings. The number of ether oxygens (including phenoxy) is 3. The predicted molar refractivity (Wildman–Crippen MR) is 107 cm³/mol. The molecule has 1 aliphatic heterocycles. The third-order valence-corrected chi connectivity index (χ3v) is 4.21. The SMILES string of the molecule is CCNC(=NCc1ccc2c(c1)OCCCO2)NCc1ccccc1OC(F)F. The largest absolute Gasteiger partial charge is 0.490 e. The summed E-state index contributed by atoms with van der Waals surface area (Å²) >= 11 is 0. The van der Waals surface area contributed by atoms with Crippen molar-refractivity contribution in [1.29, 1.82) is 0 Å². The summed E-state index contributed by atoms with van der Waals surface area (Å²) in [6.07, 6.45) is 0.855.